The van der Waals surface area contributed by atoms with Crippen molar-refractivity contribution in [2.45, 2.75) is 18.4 Å². The molecule has 1 atom stereocenters. The Morgan fingerprint density at radius 2 is 1.76 bits per heavy atom. The van der Waals surface area contributed by atoms with E-state index in [1.165, 1.54) is 37.4 Å². The zero-order chi connectivity index (χ0) is 26.4. The Balaban J connectivity index is 1.76. The summed E-state index contributed by atoms with van der Waals surface area (Å²) in [6.45, 7) is -0.149. The molecule has 8 nitrogen and oxygen atoms in total. The maximum absolute atomic E-state index is 13.6. The van der Waals surface area contributed by atoms with Gasteiger partial charge in [0.2, 0.25) is 5.72 Å². The molecule has 0 saturated carbocycles. The average molecular weight is 508 g/mol. The van der Waals surface area contributed by atoms with Gasteiger partial charge in [0, 0.05) is 23.7 Å². The number of aromatic nitrogens is 2. The first-order valence-electron chi connectivity index (χ1n) is 11.1. The standard InChI is InChI=1S/C26H19F3N4O4/c1-30-22(34)21-31-19-12-11-16(13-20(19)32-21)25(37-24(36)26(27,28)29)18-10-6-5-9-17(18)23(35)33(25)14-15-7-3-2-4-8-15/h2-13H,14H2,1H3,(H,30,34)(H,31,32). The molecule has 0 bridgehead atoms. The lowest BCUT2D eigenvalue weighted by atomic mass is 9.92. The van der Waals surface area contributed by atoms with E-state index in [-0.39, 0.29) is 29.1 Å². The Kier molecular flexibility index (Phi) is 5.70. The van der Waals surface area contributed by atoms with Gasteiger partial charge in [-0.1, -0.05) is 54.6 Å². The van der Waals surface area contributed by atoms with Gasteiger partial charge in [-0.2, -0.15) is 13.2 Å². The van der Waals surface area contributed by atoms with Crippen molar-refractivity contribution in [2.75, 3.05) is 7.05 Å². The summed E-state index contributed by atoms with van der Waals surface area (Å²) in [5, 5.41) is 2.44. The van der Waals surface area contributed by atoms with E-state index in [0.29, 0.717) is 16.6 Å². The second-order valence-corrected chi connectivity index (χ2v) is 8.35. The Morgan fingerprint density at radius 3 is 2.46 bits per heavy atom. The van der Waals surface area contributed by atoms with Gasteiger partial charge < -0.3 is 15.0 Å². The number of fused-ring (bicyclic) bond motifs is 2. The topological polar surface area (TPSA) is 104 Å². The minimum Gasteiger partial charge on any atom is -0.423 e. The quantitative estimate of drug-likeness (QED) is 0.398. The Morgan fingerprint density at radius 1 is 1.05 bits per heavy atom. The Hall–Kier alpha value is -4.67. The predicted molar refractivity (Wildman–Crippen MR) is 125 cm³/mol. The second-order valence-electron chi connectivity index (χ2n) is 8.35. The van der Waals surface area contributed by atoms with E-state index in [0.717, 1.165) is 4.90 Å². The highest BCUT2D eigenvalue weighted by molar-refractivity contribution is 6.01. The number of rotatable bonds is 5. The molecule has 1 aliphatic heterocycles. The number of halogens is 3. The normalized spacial score (nSPS) is 17.1. The maximum atomic E-state index is 13.6. The van der Waals surface area contributed by atoms with Crippen LogP contribution in [0, 0.1) is 0 Å². The molecular weight excluding hydrogens is 489 g/mol. The van der Waals surface area contributed by atoms with E-state index in [4.69, 9.17) is 4.74 Å². The Bertz CT molecular complexity index is 1530. The molecule has 0 fully saturated rings. The van der Waals surface area contributed by atoms with Crippen LogP contribution in [-0.2, 0) is 21.8 Å². The number of H-pyrrole nitrogens is 1. The highest BCUT2D eigenvalue weighted by atomic mass is 19.4. The first kappa shape index (κ1) is 24.0. The van der Waals surface area contributed by atoms with Crippen LogP contribution in [0.25, 0.3) is 11.0 Å². The van der Waals surface area contributed by atoms with Crippen molar-refractivity contribution in [1.82, 2.24) is 20.2 Å². The van der Waals surface area contributed by atoms with Crippen LogP contribution in [0.15, 0.2) is 72.8 Å². The first-order chi connectivity index (χ1) is 17.6. The van der Waals surface area contributed by atoms with Crippen molar-refractivity contribution < 1.29 is 32.3 Å². The molecule has 11 heteroatoms. The van der Waals surface area contributed by atoms with Gasteiger partial charge in [0.1, 0.15) is 0 Å². The summed E-state index contributed by atoms with van der Waals surface area (Å²) in [6, 6.07) is 19.0. The fourth-order valence-corrected chi connectivity index (χ4v) is 4.47. The van der Waals surface area contributed by atoms with Crippen molar-refractivity contribution in [3.05, 3.63) is 101 Å². The van der Waals surface area contributed by atoms with Gasteiger partial charge in [-0.25, -0.2) is 9.78 Å². The summed E-state index contributed by atoms with van der Waals surface area (Å²) in [7, 11) is 1.43. The van der Waals surface area contributed by atoms with Crippen LogP contribution < -0.4 is 5.32 Å². The van der Waals surface area contributed by atoms with Crippen molar-refractivity contribution in [2.24, 2.45) is 0 Å². The number of ether oxygens (including phenoxy) is 1. The van der Waals surface area contributed by atoms with Gasteiger partial charge >= 0.3 is 12.1 Å². The molecule has 0 radical (unpaired) electrons. The molecule has 1 unspecified atom stereocenters. The predicted octanol–water partition coefficient (Wildman–Crippen LogP) is 3.89. The zero-order valence-corrected chi connectivity index (χ0v) is 19.3. The number of hydrogen-bond donors (Lipinski definition) is 2. The zero-order valence-electron chi connectivity index (χ0n) is 19.3. The van der Waals surface area contributed by atoms with Crippen molar-refractivity contribution in [3.8, 4) is 0 Å². The summed E-state index contributed by atoms with van der Waals surface area (Å²) < 4.78 is 46.0. The van der Waals surface area contributed by atoms with Crippen LogP contribution in [0.3, 0.4) is 0 Å². The fraction of sp³-hybridized carbons (Fsp3) is 0.154. The van der Waals surface area contributed by atoms with Crippen LogP contribution >= 0.6 is 0 Å². The number of nitrogens with zero attached hydrogens (tertiary/aromatic N) is 2. The van der Waals surface area contributed by atoms with E-state index in [9.17, 15) is 27.6 Å². The average Bonchev–Trinajstić information content (AvgIpc) is 3.42. The number of hydrogen-bond acceptors (Lipinski definition) is 5. The molecule has 0 spiro atoms. The molecule has 2 heterocycles. The van der Waals surface area contributed by atoms with E-state index in [1.54, 1.807) is 42.5 Å². The highest BCUT2D eigenvalue weighted by Crippen LogP contribution is 2.47. The molecule has 3 aromatic carbocycles. The van der Waals surface area contributed by atoms with Crippen LogP contribution in [-0.4, -0.2) is 45.9 Å². The minimum absolute atomic E-state index is 0.0139. The van der Waals surface area contributed by atoms with Crippen molar-refractivity contribution >= 4 is 28.8 Å². The molecule has 2 amide bonds. The number of nitrogens with one attached hydrogen (secondary N) is 2. The van der Waals surface area contributed by atoms with E-state index < -0.39 is 29.7 Å². The number of aromatic amines is 1. The lowest BCUT2D eigenvalue weighted by molar-refractivity contribution is -0.222. The number of esters is 1. The molecule has 4 aromatic rings. The highest BCUT2D eigenvalue weighted by Gasteiger charge is 2.57. The Labute approximate surface area is 208 Å². The van der Waals surface area contributed by atoms with Gasteiger partial charge in [0.15, 0.2) is 5.82 Å². The molecule has 0 saturated heterocycles. The van der Waals surface area contributed by atoms with Crippen molar-refractivity contribution in [3.63, 3.8) is 0 Å². The number of alkyl halides is 3. The molecule has 2 N–H and O–H groups in total. The van der Waals surface area contributed by atoms with E-state index in [1.807, 2.05) is 0 Å². The SMILES string of the molecule is CNC(=O)c1nc2ccc(C3(OC(=O)C(F)(F)F)c4ccccc4C(=O)N3Cc3ccccc3)cc2[nH]1. The van der Waals surface area contributed by atoms with E-state index >= 15 is 0 Å². The summed E-state index contributed by atoms with van der Waals surface area (Å²) in [6.07, 6.45) is -5.32. The summed E-state index contributed by atoms with van der Waals surface area (Å²) in [5.41, 5.74) is -0.729. The largest absolute Gasteiger partial charge is 0.491 e. The first-order valence-corrected chi connectivity index (χ1v) is 11.1. The van der Waals surface area contributed by atoms with Gasteiger partial charge in [0.25, 0.3) is 11.8 Å². The monoisotopic (exact) mass is 508 g/mol. The molecule has 5 rings (SSSR count). The fourth-order valence-electron chi connectivity index (χ4n) is 4.47. The van der Waals surface area contributed by atoms with Crippen LogP contribution in [0.4, 0.5) is 13.2 Å². The third-order valence-electron chi connectivity index (χ3n) is 6.12. The minimum atomic E-state index is -5.32. The molecule has 37 heavy (non-hydrogen) atoms. The second kappa shape index (κ2) is 8.77. The van der Waals surface area contributed by atoms with Crippen LogP contribution in [0.1, 0.15) is 37.7 Å². The van der Waals surface area contributed by atoms with Gasteiger partial charge in [0.05, 0.1) is 17.6 Å². The van der Waals surface area contributed by atoms with E-state index in [2.05, 4.69) is 15.3 Å². The number of carbonyl (C=O) groups is 3. The number of imidazole rings is 1. The number of benzene rings is 3. The summed E-state index contributed by atoms with van der Waals surface area (Å²) >= 11 is 0. The summed E-state index contributed by atoms with van der Waals surface area (Å²) in [4.78, 5) is 46.1. The van der Waals surface area contributed by atoms with Gasteiger partial charge in [-0.15, -0.1) is 0 Å². The smallest absolute Gasteiger partial charge is 0.423 e. The van der Waals surface area contributed by atoms with Crippen LogP contribution in [0.5, 0.6) is 0 Å². The lowest BCUT2D eigenvalue weighted by Crippen LogP contribution is -2.49. The third-order valence-corrected chi connectivity index (χ3v) is 6.12. The maximum Gasteiger partial charge on any atom is 0.491 e. The third kappa shape index (κ3) is 3.98. The summed E-state index contributed by atoms with van der Waals surface area (Å²) in [5.74, 6) is -3.57. The molecule has 0 aliphatic carbocycles. The van der Waals surface area contributed by atoms with Crippen LogP contribution in [0.2, 0.25) is 0 Å². The molecule has 1 aliphatic rings. The van der Waals surface area contributed by atoms with Gasteiger partial charge in [-0.05, 0) is 23.8 Å². The van der Waals surface area contributed by atoms with Gasteiger partial charge in [-0.3, -0.25) is 14.5 Å². The molecule has 1 aromatic heterocycles. The number of carbonyl (C=O) groups excluding carboxylic acids is 3. The lowest BCUT2D eigenvalue weighted by Gasteiger charge is -2.39. The number of amides is 2. The van der Waals surface area contributed by atoms with Crippen molar-refractivity contribution in [1.29, 1.82) is 0 Å². The molecule has 188 valence electrons. The molecular formula is C26H19F3N4O4.